The normalized spacial score (nSPS) is 14.4. The quantitative estimate of drug-likeness (QED) is 0.633. The van der Waals surface area contributed by atoms with E-state index in [1.165, 1.54) is 6.07 Å². The molecule has 0 amide bonds. The predicted octanol–water partition coefficient (Wildman–Crippen LogP) is 0.430. The van der Waals surface area contributed by atoms with E-state index in [0.717, 1.165) is 0 Å². The van der Waals surface area contributed by atoms with Crippen LogP contribution in [0.15, 0.2) is 18.2 Å². The van der Waals surface area contributed by atoms with E-state index in [1.807, 2.05) is 6.07 Å². The van der Waals surface area contributed by atoms with Gasteiger partial charge in [0, 0.05) is 5.56 Å². The Bertz CT molecular complexity index is 380. The van der Waals surface area contributed by atoms with Gasteiger partial charge in [-0.05, 0) is 19.1 Å². The molecule has 1 aromatic rings. The van der Waals surface area contributed by atoms with E-state index in [1.54, 1.807) is 19.1 Å². The van der Waals surface area contributed by atoms with E-state index in [0.29, 0.717) is 11.1 Å². The van der Waals surface area contributed by atoms with Crippen molar-refractivity contribution in [2.75, 3.05) is 6.61 Å². The number of nitrogens with two attached hydrogens (primary N) is 1. The number of phenolic OH excluding ortho intramolecular Hbond substituents is 1. The van der Waals surface area contributed by atoms with E-state index in [9.17, 15) is 5.11 Å². The lowest BCUT2D eigenvalue weighted by Gasteiger charge is -2.23. The van der Waals surface area contributed by atoms with Gasteiger partial charge in [-0.15, -0.1) is 0 Å². The molecule has 1 rings (SSSR count). The highest BCUT2D eigenvalue weighted by Crippen LogP contribution is 2.27. The number of aromatic hydroxyl groups is 1. The van der Waals surface area contributed by atoms with Crippen LogP contribution >= 0.6 is 0 Å². The summed E-state index contributed by atoms with van der Waals surface area (Å²) in [6, 6.07) is 6.33. The average molecular weight is 192 g/mol. The third-order valence-corrected chi connectivity index (χ3v) is 2.07. The van der Waals surface area contributed by atoms with Gasteiger partial charge in [-0.3, -0.25) is 0 Å². The van der Waals surface area contributed by atoms with Gasteiger partial charge < -0.3 is 15.9 Å². The number of hydrogen-bond donors (Lipinski definition) is 3. The van der Waals surface area contributed by atoms with E-state index >= 15 is 0 Å². The molecule has 0 bridgehead atoms. The van der Waals surface area contributed by atoms with Crippen LogP contribution in [0.25, 0.3) is 0 Å². The number of nitriles is 1. The van der Waals surface area contributed by atoms with Crippen molar-refractivity contribution in [2.24, 2.45) is 5.73 Å². The molecule has 1 aromatic carbocycles. The summed E-state index contributed by atoms with van der Waals surface area (Å²) in [6.07, 6.45) is 0. The van der Waals surface area contributed by atoms with Crippen LogP contribution in [0.1, 0.15) is 18.1 Å². The maximum atomic E-state index is 9.55. The molecule has 0 saturated heterocycles. The molecule has 0 aliphatic heterocycles. The van der Waals surface area contributed by atoms with Gasteiger partial charge in [-0.25, -0.2) is 0 Å². The lowest BCUT2D eigenvalue weighted by Crippen LogP contribution is -2.36. The van der Waals surface area contributed by atoms with E-state index < -0.39 is 5.54 Å². The van der Waals surface area contributed by atoms with Crippen molar-refractivity contribution >= 4 is 0 Å². The van der Waals surface area contributed by atoms with E-state index in [-0.39, 0.29) is 12.4 Å². The molecular formula is C10H12N2O2. The van der Waals surface area contributed by atoms with Crippen LogP contribution in [0.4, 0.5) is 0 Å². The van der Waals surface area contributed by atoms with E-state index in [2.05, 4.69) is 0 Å². The first-order chi connectivity index (χ1) is 6.51. The molecule has 1 atom stereocenters. The zero-order valence-electron chi connectivity index (χ0n) is 7.86. The van der Waals surface area contributed by atoms with Gasteiger partial charge in [0.25, 0.3) is 0 Å². The number of rotatable bonds is 2. The highest BCUT2D eigenvalue weighted by atomic mass is 16.3. The van der Waals surface area contributed by atoms with Crippen molar-refractivity contribution in [1.82, 2.24) is 0 Å². The molecule has 0 fully saturated rings. The Kier molecular flexibility index (Phi) is 2.75. The highest BCUT2D eigenvalue weighted by Gasteiger charge is 2.23. The second kappa shape index (κ2) is 3.66. The highest BCUT2D eigenvalue weighted by molar-refractivity contribution is 5.44. The van der Waals surface area contributed by atoms with Crippen molar-refractivity contribution in [3.8, 4) is 11.8 Å². The first-order valence-electron chi connectivity index (χ1n) is 4.14. The molecule has 0 aliphatic carbocycles. The Hall–Kier alpha value is -1.57. The Balaban J connectivity index is 3.20. The van der Waals surface area contributed by atoms with Crippen LogP contribution in [-0.2, 0) is 5.54 Å². The van der Waals surface area contributed by atoms with Crippen LogP contribution in [0.3, 0.4) is 0 Å². The van der Waals surface area contributed by atoms with Gasteiger partial charge in [0.2, 0.25) is 0 Å². The van der Waals surface area contributed by atoms with Crippen molar-refractivity contribution in [2.45, 2.75) is 12.5 Å². The molecule has 0 radical (unpaired) electrons. The molecule has 0 aromatic heterocycles. The van der Waals surface area contributed by atoms with Gasteiger partial charge in [0.1, 0.15) is 5.75 Å². The van der Waals surface area contributed by atoms with Crippen LogP contribution in [0.5, 0.6) is 5.75 Å². The number of aliphatic hydroxyl groups is 1. The zero-order chi connectivity index (χ0) is 10.8. The van der Waals surface area contributed by atoms with Crippen molar-refractivity contribution in [1.29, 1.82) is 5.26 Å². The number of aliphatic hydroxyl groups excluding tert-OH is 1. The molecule has 74 valence electrons. The van der Waals surface area contributed by atoms with Gasteiger partial charge in [-0.1, -0.05) is 6.07 Å². The SMILES string of the molecule is C[C@](N)(CO)c1ccc(C#N)cc1O. The maximum Gasteiger partial charge on any atom is 0.122 e. The molecule has 4 heteroatoms. The lowest BCUT2D eigenvalue weighted by atomic mass is 9.92. The summed E-state index contributed by atoms with van der Waals surface area (Å²) < 4.78 is 0. The summed E-state index contributed by atoms with van der Waals surface area (Å²) >= 11 is 0. The second-order valence-electron chi connectivity index (χ2n) is 3.42. The predicted molar refractivity (Wildman–Crippen MR) is 51.4 cm³/mol. The molecule has 0 saturated carbocycles. The standard InChI is InChI=1S/C10H12N2O2/c1-10(12,6-13)8-3-2-7(5-11)4-9(8)14/h2-4,13-14H,6,12H2,1H3/t10-/m0/s1. The zero-order valence-corrected chi connectivity index (χ0v) is 7.86. The number of benzene rings is 1. The van der Waals surface area contributed by atoms with Crippen molar-refractivity contribution in [3.05, 3.63) is 29.3 Å². The summed E-state index contributed by atoms with van der Waals surface area (Å²) in [4.78, 5) is 0. The largest absolute Gasteiger partial charge is 0.508 e. The Morgan fingerprint density at radius 1 is 1.57 bits per heavy atom. The lowest BCUT2D eigenvalue weighted by molar-refractivity contribution is 0.207. The third kappa shape index (κ3) is 1.84. The number of nitrogens with zero attached hydrogens (tertiary/aromatic N) is 1. The fourth-order valence-electron chi connectivity index (χ4n) is 1.17. The summed E-state index contributed by atoms with van der Waals surface area (Å²) in [7, 11) is 0. The monoisotopic (exact) mass is 192 g/mol. The number of hydrogen-bond acceptors (Lipinski definition) is 4. The van der Waals surface area contributed by atoms with Gasteiger partial charge in [-0.2, -0.15) is 5.26 Å². The Morgan fingerprint density at radius 2 is 2.21 bits per heavy atom. The van der Waals surface area contributed by atoms with Gasteiger partial charge in [0.15, 0.2) is 0 Å². The van der Waals surface area contributed by atoms with Crippen LogP contribution in [0.2, 0.25) is 0 Å². The van der Waals surface area contributed by atoms with Crippen LogP contribution in [0, 0.1) is 11.3 Å². The fourth-order valence-corrected chi connectivity index (χ4v) is 1.17. The van der Waals surface area contributed by atoms with Crippen LogP contribution < -0.4 is 5.73 Å². The summed E-state index contributed by atoms with van der Waals surface area (Å²) in [6.45, 7) is 1.33. The Labute approximate surface area is 82.2 Å². The van der Waals surface area contributed by atoms with Crippen molar-refractivity contribution < 1.29 is 10.2 Å². The maximum absolute atomic E-state index is 9.55. The summed E-state index contributed by atoms with van der Waals surface area (Å²) in [5.41, 5.74) is 5.54. The van der Waals surface area contributed by atoms with Crippen LogP contribution in [-0.4, -0.2) is 16.8 Å². The summed E-state index contributed by atoms with van der Waals surface area (Å²) in [5, 5.41) is 27.1. The molecule has 0 heterocycles. The first-order valence-corrected chi connectivity index (χ1v) is 4.14. The molecule has 4 N–H and O–H groups in total. The second-order valence-corrected chi connectivity index (χ2v) is 3.42. The third-order valence-electron chi connectivity index (χ3n) is 2.07. The van der Waals surface area contributed by atoms with Crippen molar-refractivity contribution in [3.63, 3.8) is 0 Å². The topological polar surface area (TPSA) is 90.3 Å². The Morgan fingerprint density at radius 3 is 2.64 bits per heavy atom. The van der Waals surface area contributed by atoms with Gasteiger partial charge in [0.05, 0.1) is 23.8 Å². The summed E-state index contributed by atoms with van der Waals surface area (Å²) in [5.74, 6) is -0.0666. The molecule has 0 aliphatic rings. The molecule has 0 unspecified atom stereocenters. The molecular weight excluding hydrogens is 180 g/mol. The molecule has 0 spiro atoms. The smallest absolute Gasteiger partial charge is 0.122 e. The van der Waals surface area contributed by atoms with Gasteiger partial charge >= 0.3 is 0 Å². The minimum absolute atomic E-state index is 0.0666. The molecule has 4 nitrogen and oxygen atoms in total. The first kappa shape index (κ1) is 10.5. The molecule has 14 heavy (non-hydrogen) atoms. The fraction of sp³-hybridized carbons (Fsp3) is 0.300. The average Bonchev–Trinajstić information content (AvgIpc) is 2.17. The number of phenols is 1. The minimum atomic E-state index is -0.988. The van der Waals surface area contributed by atoms with E-state index in [4.69, 9.17) is 16.1 Å². The minimum Gasteiger partial charge on any atom is -0.508 e.